The van der Waals surface area contributed by atoms with Crippen LogP contribution in [0.2, 0.25) is 0 Å². The summed E-state index contributed by atoms with van der Waals surface area (Å²) in [5.41, 5.74) is 16.2. The Bertz CT molecular complexity index is 3400. The van der Waals surface area contributed by atoms with E-state index in [4.69, 9.17) is 9.97 Å². The van der Waals surface area contributed by atoms with Crippen molar-refractivity contribution in [2.45, 2.75) is 26.2 Å². The minimum Gasteiger partial charge on any atom is -0.354 e. The van der Waals surface area contributed by atoms with Gasteiger partial charge in [0.05, 0.1) is 27.9 Å². The molecule has 0 spiro atoms. The van der Waals surface area contributed by atoms with E-state index in [9.17, 15) is 0 Å². The van der Waals surface area contributed by atoms with Crippen LogP contribution in [0.5, 0.6) is 0 Å². The third kappa shape index (κ3) is 5.99. The van der Waals surface area contributed by atoms with Gasteiger partial charge in [-0.15, -0.1) is 0 Å². The monoisotopic (exact) mass is 770 g/mol. The molecule has 60 heavy (non-hydrogen) atoms. The molecule has 1 N–H and O–H groups in total. The molecule has 0 atom stereocenters. The lowest BCUT2D eigenvalue weighted by atomic mass is 9.85. The van der Waals surface area contributed by atoms with Crippen molar-refractivity contribution in [3.63, 3.8) is 0 Å². The number of fused-ring (bicyclic) bond motifs is 5. The van der Waals surface area contributed by atoms with E-state index < -0.39 is 0 Å². The predicted molar refractivity (Wildman–Crippen MR) is 252 cm³/mol. The van der Waals surface area contributed by atoms with Crippen LogP contribution in [0.4, 0.5) is 0 Å². The quantitative estimate of drug-likeness (QED) is 0.183. The standard InChI is InChI=1S/C56H42N4/c1-56(2,3)41-34-47-45-24-12-14-26-49(45)58-53(47)48(35-41)55-59-54-44(25-16-28-52(54)60(55)51-27-15-13-23-43(51)37-19-8-5-9-20-37)40-31-39-21-10-11-22-42(39)46(32-40)50-33-38(29-30-57-50)36-17-6-4-7-18-36/h4-35,58H,1-3H3. The topological polar surface area (TPSA) is 46.5 Å². The van der Waals surface area contributed by atoms with Gasteiger partial charge in [-0.2, -0.15) is 0 Å². The van der Waals surface area contributed by atoms with Crippen molar-refractivity contribution in [2.75, 3.05) is 0 Å². The summed E-state index contributed by atoms with van der Waals surface area (Å²) in [6, 6.07) is 67.4. The molecule has 286 valence electrons. The Kier molecular flexibility index (Phi) is 8.35. The minimum absolute atomic E-state index is 0.0986. The fourth-order valence-electron chi connectivity index (χ4n) is 8.91. The maximum absolute atomic E-state index is 5.78. The number of aromatic nitrogens is 4. The zero-order valence-corrected chi connectivity index (χ0v) is 33.8. The van der Waals surface area contributed by atoms with Gasteiger partial charge >= 0.3 is 0 Å². The summed E-state index contributed by atoms with van der Waals surface area (Å²) in [4.78, 5) is 14.6. The van der Waals surface area contributed by atoms with Gasteiger partial charge in [-0.3, -0.25) is 9.55 Å². The van der Waals surface area contributed by atoms with E-state index in [0.717, 1.165) is 89.0 Å². The van der Waals surface area contributed by atoms with Crippen LogP contribution in [-0.4, -0.2) is 19.5 Å². The van der Waals surface area contributed by atoms with Crippen molar-refractivity contribution in [1.29, 1.82) is 0 Å². The Hall–Kier alpha value is -7.56. The first kappa shape index (κ1) is 35.6. The Morgan fingerprint density at radius 2 is 1.18 bits per heavy atom. The van der Waals surface area contributed by atoms with E-state index in [1.807, 2.05) is 6.20 Å². The first-order chi connectivity index (χ1) is 29.4. The highest BCUT2D eigenvalue weighted by atomic mass is 15.1. The number of para-hydroxylation sites is 3. The van der Waals surface area contributed by atoms with Crippen LogP contribution >= 0.6 is 0 Å². The molecule has 0 aliphatic carbocycles. The van der Waals surface area contributed by atoms with Crippen molar-refractivity contribution >= 4 is 43.6 Å². The van der Waals surface area contributed by atoms with Crippen molar-refractivity contribution in [1.82, 2.24) is 19.5 Å². The van der Waals surface area contributed by atoms with E-state index in [2.05, 4.69) is 218 Å². The molecular formula is C56H42N4. The Balaban J connectivity index is 1.22. The van der Waals surface area contributed by atoms with Crippen molar-refractivity contribution in [3.05, 3.63) is 200 Å². The van der Waals surface area contributed by atoms with Gasteiger partial charge in [0, 0.05) is 44.7 Å². The first-order valence-corrected chi connectivity index (χ1v) is 20.7. The number of rotatable bonds is 6. The second-order valence-electron chi connectivity index (χ2n) is 16.7. The maximum Gasteiger partial charge on any atom is 0.147 e. The fraction of sp³-hybridized carbons (Fsp3) is 0.0714. The number of hydrogen-bond acceptors (Lipinski definition) is 2. The van der Waals surface area contributed by atoms with Gasteiger partial charge in [0.15, 0.2) is 0 Å². The highest BCUT2D eigenvalue weighted by Gasteiger charge is 2.25. The Morgan fingerprint density at radius 3 is 2.00 bits per heavy atom. The molecule has 3 aromatic heterocycles. The first-order valence-electron chi connectivity index (χ1n) is 20.7. The third-order valence-electron chi connectivity index (χ3n) is 12.0. The average Bonchev–Trinajstić information content (AvgIpc) is 3.88. The van der Waals surface area contributed by atoms with Crippen LogP contribution in [0.1, 0.15) is 26.3 Å². The minimum atomic E-state index is -0.0986. The van der Waals surface area contributed by atoms with Crippen LogP contribution in [0.25, 0.3) is 105 Å². The smallest absolute Gasteiger partial charge is 0.147 e. The molecule has 8 aromatic carbocycles. The van der Waals surface area contributed by atoms with Crippen LogP contribution in [0, 0.1) is 0 Å². The predicted octanol–water partition coefficient (Wildman–Crippen LogP) is 14.8. The van der Waals surface area contributed by atoms with E-state index >= 15 is 0 Å². The SMILES string of the molecule is CC(C)(C)c1cc(-c2nc3c(-c4cc(-c5cc(-c6ccccc6)ccn5)c5ccccc5c4)cccc3n2-c2ccccc2-c2ccccc2)c2[nH]c3ccccc3c2c1. The lowest BCUT2D eigenvalue weighted by Crippen LogP contribution is -2.11. The summed E-state index contributed by atoms with van der Waals surface area (Å²) in [5, 5.41) is 4.73. The third-order valence-corrected chi connectivity index (χ3v) is 12.0. The number of aromatic amines is 1. The molecule has 0 saturated carbocycles. The summed E-state index contributed by atoms with van der Waals surface area (Å²) >= 11 is 0. The molecule has 0 unspecified atom stereocenters. The zero-order valence-electron chi connectivity index (χ0n) is 33.8. The van der Waals surface area contributed by atoms with Gasteiger partial charge in [0.2, 0.25) is 0 Å². The van der Waals surface area contributed by atoms with Gasteiger partial charge in [-0.1, -0.05) is 154 Å². The second-order valence-corrected chi connectivity index (χ2v) is 16.7. The Morgan fingerprint density at radius 1 is 0.483 bits per heavy atom. The van der Waals surface area contributed by atoms with E-state index in [0.29, 0.717) is 0 Å². The molecule has 0 bridgehead atoms. The fourth-order valence-corrected chi connectivity index (χ4v) is 8.91. The van der Waals surface area contributed by atoms with Crippen LogP contribution in [0.15, 0.2) is 194 Å². The Labute approximate surface area is 349 Å². The van der Waals surface area contributed by atoms with Crippen LogP contribution in [0.3, 0.4) is 0 Å². The number of benzene rings is 8. The zero-order chi connectivity index (χ0) is 40.4. The summed E-state index contributed by atoms with van der Waals surface area (Å²) in [6.07, 6.45) is 1.93. The molecule has 0 saturated heterocycles. The van der Waals surface area contributed by atoms with Crippen molar-refractivity contribution in [2.24, 2.45) is 0 Å². The van der Waals surface area contributed by atoms with Gasteiger partial charge in [0.25, 0.3) is 0 Å². The number of H-pyrrole nitrogens is 1. The highest BCUT2D eigenvalue weighted by molar-refractivity contribution is 6.13. The average molecular weight is 771 g/mol. The number of nitrogens with one attached hydrogen (secondary N) is 1. The number of nitrogens with zero attached hydrogens (tertiary/aromatic N) is 3. The largest absolute Gasteiger partial charge is 0.354 e. The molecule has 11 rings (SSSR count). The normalized spacial score (nSPS) is 11.9. The molecule has 0 radical (unpaired) electrons. The van der Waals surface area contributed by atoms with Gasteiger partial charge in [-0.05, 0) is 98.6 Å². The molecule has 0 aliphatic rings. The number of pyridine rings is 1. The highest BCUT2D eigenvalue weighted by Crippen LogP contribution is 2.43. The second kappa shape index (κ2) is 14.1. The van der Waals surface area contributed by atoms with Gasteiger partial charge < -0.3 is 4.98 Å². The van der Waals surface area contributed by atoms with Crippen LogP contribution in [-0.2, 0) is 5.41 Å². The molecule has 4 heteroatoms. The molecule has 11 aromatic rings. The lowest BCUT2D eigenvalue weighted by molar-refractivity contribution is 0.591. The summed E-state index contributed by atoms with van der Waals surface area (Å²) in [6.45, 7) is 6.88. The molecule has 0 fully saturated rings. The van der Waals surface area contributed by atoms with Gasteiger partial charge in [0.1, 0.15) is 5.82 Å². The maximum atomic E-state index is 5.78. The number of imidazole rings is 1. The lowest BCUT2D eigenvalue weighted by Gasteiger charge is -2.21. The number of hydrogen-bond donors (Lipinski definition) is 1. The van der Waals surface area contributed by atoms with Crippen molar-refractivity contribution in [3.8, 4) is 61.7 Å². The molecule has 0 aliphatic heterocycles. The molecular weight excluding hydrogens is 729 g/mol. The van der Waals surface area contributed by atoms with Crippen LogP contribution < -0.4 is 0 Å². The van der Waals surface area contributed by atoms with Crippen molar-refractivity contribution < 1.29 is 0 Å². The van der Waals surface area contributed by atoms with E-state index in [1.54, 1.807) is 0 Å². The molecule has 4 nitrogen and oxygen atoms in total. The summed E-state index contributed by atoms with van der Waals surface area (Å²) in [5.74, 6) is 0.890. The van der Waals surface area contributed by atoms with Gasteiger partial charge in [-0.25, -0.2) is 4.98 Å². The van der Waals surface area contributed by atoms with E-state index in [1.165, 1.54) is 21.9 Å². The summed E-state index contributed by atoms with van der Waals surface area (Å²) < 4.78 is 2.39. The molecule has 0 amide bonds. The molecule has 3 heterocycles. The van der Waals surface area contributed by atoms with E-state index in [-0.39, 0.29) is 5.41 Å². The summed E-state index contributed by atoms with van der Waals surface area (Å²) in [7, 11) is 0.